The number of hydrogen-bond acceptors (Lipinski definition) is 5. The molecule has 0 atom stereocenters. The Labute approximate surface area is 101 Å². The monoisotopic (exact) mass is 244 g/mol. The van der Waals surface area contributed by atoms with Gasteiger partial charge in [-0.1, -0.05) is 5.16 Å². The third-order valence-electron chi connectivity index (χ3n) is 2.32. The third kappa shape index (κ3) is 1.92. The van der Waals surface area contributed by atoms with Gasteiger partial charge in [-0.3, -0.25) is 0 Å². The molecule has 0 saturated heterocycles. The van der Waals surface area contributed by atoms with Crippen molar-refractivity contribution in [2.45, 2.75) is 0 Å². The van der Waals surface area contributed by atoms with Crippen LogP contribution in [0.3, 0.4) is 0 Å². The maximum atomic E-state index is 9.20. The molecular weight excluding hydrogens is 236 g/mol. The number of phenolic OH excluding ortho intramolecular Hbond substituents is 1. The Morgan fingerprint density at radius 1 is 1.06 bits per heavy atom. The molecule has 1 N–H and O–H groups in total. The molecule has 4 nitrogen and oxygen atoms in total. The van der Waals surface area contributed by atoms with Gasteiger partial charge in [0.2, 0.25) is 5.82 Å². The lowest BCUT2D eigenvalue weighted by Gasteiger charge is -1.93. The Bertz CT molecular complexity index is 614. The molecular formula is C12H8N2O2S. The van der Waals surface area contributed by atoms with Crippen LogP contribution in [0, 0.1) is 0 Å². The second kappa shape index (κ2) is 4.03. The Morgan fingerprint density at radius 2 is 1.88 bits per heavy atom. The van der Waals surface area contributed by atoms with Crippen molar-refractivity contribution in [1.82, 2.24) is 10.1 Å². The van der Waals surface area contributed by atoms with Crippen LogP contribution in [0.5, 0.6) is 5.75 Å². The van der Waals surface area contributed by atoms with E-state index in [1.54, 1.807) is 35.6 Å². The Kier molecular flexibility index (Phi) is 2.38. The minimum absolute atomic E-state index is 0.218. The van der Waals surface area contributed by atoms with Crippen LogP contribution in [0.1, 0.15) is 0 Å². The van der Waals surface area contributed by atoms with Crippen molar-refractivity contribution in [3.8, 4) is 28.6 Å². The van der Waals surface area contributed by atoms with Gasteiger partial charge in [-0.2, -0.15) is 16.3 Å². The molecule has 3 aromatic rings. The van der Waals surface area contributed by atoms with Gasteiger partial charge in [-0.15, -0.1) is 0 Å². The summed E-state index contributed by atoms with van der Waals surface area (Å²) in [6.45, 7) is 0. The van der Waals surface area contributed by atoms with Crippen molar-refractivity contribution in [2.75, 3.05) is 0 Å². The van der Waals surface area contributed by atoms with Gasteiger partial charge in [0.15, 0.2) is 0 Å². The van der Waals surface area contributed by atoms with Crippen molar-refractivity contribution >= 4 is 11.3 Å². The fourth-order valence-electron chi connectivity index (χ4n) is 1.45. The van der Waals surface area contributed by atoms with E-state index >= 15 is 0 Å². The summed E-state index contributed by atoms with van der Waals surface area (Å²) in [6, 6.07) is 8.61. The summed E-state index contributed by atoms with van der Waals surface area (Å²) in [5, 5.41) is 17.0. The van der Waals surface area contributed by atoms with E-state index in [9.17, 15) is 5.11 Å². The minimum atomic E-state index is 0.218. The summed E-state index contributed by atoms with van der Waals surface area (Å²) < 4.78 is 5.18. The second-order valence-electron chi connectivity index (χ2n) is 3.48. The van der Waals surface area contributed by atoms with Crippen LogP contribution in [0.15, 0.2) is 45.6 Å². The highest BCUT2D eigenvalue weighted by molar-refractivity contribution is 7.08. The number of rotatable bonds is 2. The van der Waals surface area contributed by atoms with Crippen molar-refractivity contribution in [3.63, 3.8) is 0 Å². The Hall–Kier alpha value is -2.14. The average Bonchev–Trinajstić information content (AvgIpc) is 3.00. The highest BCUT2D eigenvalue weighted by Crippen LogP contribution is 2.24. The molecule has 5 heteroatoms. The van der Waals surface area contributed by atoms with Crippen LogP contribution in [0.2, 0.25) is 0 Å². The average molecular weight is 244 g/mol. The van der Waals surface area contributed by atoms with E-state index in [1.165, 1.54) is 0 Å². The zero-order valence-electron chi connectivity index (χ0n) is 8.70. The van der Waals surface area contributed by atoms with Gasteiger partial charge in [0.05, 0.1) is 5.56 Å². The van der Waals surface area contributed by atoms with Gasteiger partial charge in [-0.25, -0.2) is 0 Å². The van der Waals surface area contributed by atoms with Crippen molar-refractivity contribution in [2.24, 2.45) is 0 Å². The normalized spacial score (nSPS) is 10.6. The van der Waals surface area contributed by atoms with E-state index in [-0.39, 0.29) is 5.75 Å². The SMILES string of the molecule is Oc1ccc(-c2noc(-c3ccsc3)n2)cc1. The van der Waals surface area contributed by atoms with Gasteiger partial charge >= 0.3 is 0 Å². The maximum Gasteiger partial charge on any atom is 0.259 e. The second-order valence-corrected chi connectivity index (χ2v) is 4.26. The van der Waals surface area contributed by atoms with Crippen LogP contribution in [-0.2, 0) is 0 Å². The van der Waals surface area contributed by atoms with Crippen molar-refractivity contribution in [3.05, 3.63) is 41.1 Å². The summed E-state index contributed by atoms with van der Waals surface area (Å²) in [5.74, 6) is 1.25. The molecule has 0 unspecified atom stereocenters. The number of benzene rings is 1. The summed E-state index contributed by atoms with van der Waals surface area (Å²) in [5.41, 5.74) is 1.74. The number of hydrogen-bond donors (Lipinski definition) is 1. The summed E-state index contributed by atoms with van der Waals surface area (Å²) in [6.07, 6.45) is 0. The first-order valence-electron chi connectivity index (χ1n) is 4.98. The van der Waals surface area contributed by atoms with E-state index in [0.717, 1.165) is 11.1 Å². The molecule has 17 heavy (non-hydrogen) atoms. The van der Waals surface area contributed by atoms with E-state index in [0.29, 0.717) is 11.7 Å². The number of aromatic hydroxyl groups is 1. The first-order chi connectivity index (χ1) is 8.33. The topological polar surface area (TPSA) is 59.2 Å². The molecule has 0 aliphatic heterocycles. The summed E-state index contributed by atoms with van der Waals surface area (Å²) in [7, 11) is 0. The molecule has 0 aliphatic rings. The minimum Gasteiger partial charge on any atom is -0.508 e. The molecule has 0 radical (unpaired) electrons. The molecule has 2 heterocycles. The van der Waals surface area contributed by atoms with E-state index < -0.39 is 0 Å². The smallest absolute Gasteiger partial charge is 0.259 e. The third-order valence-corrected chi connectivity index (χ3v) is 3.00. The zero-order chi connectivity index (χ0) is 11.7. The predicted molar refractivity (Wildman–Crippen MR) is 64.7 cm³/mol. The van der Waals surface area contributed by atoms with E-state index in [2.05, 4.69) is 10.1 Å². The van der Waals surface area contributed by atoms with Crippen LogP contribution >= 0.6 is 11.3 Å². The Morgan fingerprint density at radius 3 is 2.59 bits per heavy atom. The molecule has 0 spiro atoms. The first kappa shape index (κ1) is 10.0. The first-order valence-corrected chi connectivity index (χ1v) is 5.93. The standard InChI is InChI=1S/C12H8N2O2S/c15-10-3-1-8(2-4-10)11-13-12(16-14-11)9-5-6-17-7-9/h1-7,15H. The van der Waals surface area contributed by atoms with Crippen LogP contribution < -0.4 is 0 Å². The van der Waals surface area contributed by atoms with Gasteiger partial charge in [0, 0.05) is 10.9 Å². The van der Waals surface area contributed by atoms with Gasteiger partial charge in [0.1, 0.15) is 5.75 Å². The highest BCUT2D eigenvalue weighted by Gasteiger charge is 2.10. The number of nitrogens with zero attached hydrogens (tertiary/aromatic N) is 2. The lowest BCUT2D eigenvalue weighted by atomic mass is 10.2. The molecule has 0 fully saturated rings. The van der Waals surface area contributed by atoms with E-state index in [4.69, 9.17) is 4.52 Å². The molecule has 0 aliphatic carbocycles. The fraction of sp³-hybridized carbons (Fsp3) is 0. The maximum absolute atomic E-state index is 9.20. The molecule has 0 amide bonds. The van der Waals surface area contributed by atoms with Crippen LogP contribution in [0.4, 0.5) is 0 Å². The fourth-order valence-corrected chi connectivity index (χ4v) is 2.08. The number of thiophene rings is 1. The number of phenols is 1. The lowest BCUT2D eigenvalue weighted by Crippen LogP contribution is -1.79. The molecule has 3 rings (SSSR count). The van der Waals surface area contributed by atoms with Crippen LogP contribution in [0.25, 0.3) is 22.8 Å². The van der Waals surface area contributed by atoms with Crippen LogP contribution in [-0.4, -0.2) is 15.2 Å². The summed E-state index contributed by atoms with van der Waals surface area (Å²) >= 11 is 1.58. The summed E-state index contributed by atoms with van der Waals surface area (Å²) in [4.78, 5) is 4.30. The largest absolute Gasteiger partial charge is 0.508 e. The molecule has 0 bridgehead atoms. The highest BCUT2D eigenvalue weighted by atomic mass is 32.1. The van der Waals surface area contributed by atoms with Gasteiger partial charge in [0.25, 0.3) is 5.89 Å². The lowest BCUT2D eigenvalue weighted by molar-refractivity contribution is 0.432. The Balaban J connectivity index is 1.98. The zero-order valence-corrected chi connectivity index (χ0v) is 9.52. The van der Waals surface area contributed by atoms with E-state index in [1.807, 2.05) is 16.8 Å². The van der Waals surface area contributed by atoms with Crippen molar-refractivity contribution < 1.29 is 9.63 Å². The molecule has 1 aromatic carbocycles. The quantitative estimate of drug-likeness (QED) is 0.752. The van der Waals surface area contributed by atoms with Crippen molar-refractivity contribution in [1.29, 1.82) is 0 Å². The predicted octanol–water partition coefficient (Wildman–Crippen LogP) is 3.17. The van der Waals surface area contributed by atoms with Gasteiger partial charge < -0.3 is 9.63 Å². The van der Waals surface area contributed by atoms with Gasteiger partial charge in [-0.05, 0) is 35.7 Å². The molecule has 2 aromatic heterocycles. The number of aromatic nitrogens is 2. The molecule has 84 valence electrons. The molecule has 0 saturated carbocycles.